The van der Waals surface area contributed by atoms with Gasteiger partial charge in [-0.25, -0.2) is 0 Å². The number of benzene rings is 3. The molecule has 0 heterocycles. The van der Waals surface area contributed by atoms with Gasteiger partial charge in [-0.2, -0.15) is 0 Å². The van der Waals surface area contributed by atoms with Crippen molar-refractivity contribution in [3.05, 3.63) is 76.8 Å². The van der Waals surface area contributed by atoms with E-state index in [0.29, 0.717) is 34.5 Å². The van der Waals surface area contributed by atoms with Crippen molar-refractivity contribution in [3.8, 4) is 17.2 Å². The summed E-state index contributed by atoms with van der Waals surface area (Å²) in [6.45, 7) is 0.660. The average Bonchev–Trinajstić information content (AvgIpc) is 2.78. The van der Waals surface area contributed by atoms with Crippen LogP contribution in [-0.2, 0) is 17.8 Å². The summed E-state index contributed by atoms with van der Waals surface area (Å²) < 4.78 is 16.0. The fourth-order valence-corrected chi connectivity index (χ4v) is 3.40. The number of hydrogen-bond acceptors (Lipinski definition) is 5. The summed E-state index contributed by atoms with van der Waals surface area (Å²) >= 11 is 6.39. The SMILES string of the molecule is COc1cc(CC(=O)Nc2ccc(NCc3ccccc3)c(Cl)c2)cc(OC)c1OC. The average molecular weight is 441 g/mol. The Morgan fingerprint density at radius 2 is 1.55 bits per heavy atom. The molecule has 0 aliphatic rings. The summed E-state index contributed by atoms with van der Waals surface area (Å²) in [4.78, 5) is 12.6. The smallest absolute Gasteiger partial charge is 0.228 e. The van der Waals surface area contributed by atoms with Gasteiger partial charge in [-0.05, 0) is 41.5 Å². The summed E-state index contributed by atoms with van der Waals surface area (Å²) in [5.41, 5.74) is 3.31. The van der Waals surface area contributed by atoms with Crippen LogP contribution < -0.4 is 24.8 Å². The Kier molecular flexibility index (Phi) is 7.62. The highest BCUT2D eigenvalue weighted by Crippen LogP contribution is 2.38. The van der Waals surface area contributed by atoms with Gasteiger partial charge in [-0.1, -0.05) is 41.9 Å². The highest BCUT2D eigenvalue weighted by Gasteiger charge is 2.15. The van der Waals surface area contributed by atoms with E-state index < -0.39 is 0 Å². The second kappa shape index (κ2) is 10.6. The van der Waals surface area contributed by atoms with Gasteiger partial charge in [-0.3, -0.25) is 4.79 Å². The predicted octanol–water partition coefficient (Wildman–Crippen LogP) is 5.16. The Labute approximate surface area is 187 Å². The molecule has 0 spiro atoms. The quantitative estimate of drug-likeness (QED) is 0.481. The monoisotopic (exact) mass is 440 g/mol. The third-order valence-electron chi connectivity index (χ3n) is 4.67. The highest BCUT2D eigenvalue weighted by atomic mass is 35.5. The molecule has 0 saturated carbocycles. The van der Waals surface area contributed by atoms with Gasteiger partial charge >= 0.3 is 0 Å². The topological polar surface area (TPSA) is 68.8 Å². The Morgan fingerprint density at radius 3 is 2.13 bits per heavy atom. The number of carbonyl (C=O) groups excluding carboxylic acids is 1. The Morgan fingerprint density at radius 1 is 0.871 bits per heavy atom. The molecule has 3 aromatic carbocycles. The van der Waals surface area contributed by atoms with Crippen LogP contribution in [0.2, 0.25) is 5.02 Å². The number of ether oxygens (including phenoxy) is 3. The number of anilines is 2. The predicted molar refractivity (Wildman–Crippen MR) is 124 cm³/mol. The third kappa shape index (κ3) is 5.83. The van der Waals surface area contributed by atoms with E-state index in [1.165, 1.54) is 21.3 Å². The van der Waals surface area contributed by atoms with Crippen LogP contribution in [0.4, 0.5) is 11.4 Å². The number of hydrogen-bond donors (Lipinski definition) is 2. The second-order valence-corrected chi connectivity index (χ2v) is 7.20. The molecule has 0 unspecified atom stereocenters. The van der Waals surface area contributed by atoms with E-state index in [4.69, 9.17) is 25.8 Å². The summed E-state index contributed by atoms with van der Waals surface area (Å²) in [7, 11) is 4.61. The maximum absolute atomic E-state index is 12.6. The van der Waals surface area contributed by atoms with E-state index in [-0.39, 0.29) is 12.3 Å². The summed E-state index contributed by atoms with van der Waals surface area (Å²) in [5.74, 6) is 1.30. The van der Waals surface area contributed by atoms with E-state index in [9.17, 15) is 4.79 Å². The molecule has 3 aromatic rings. The van der Waals surface area contributed by atoms with Crippen molar-refractivity contribution in [1.82, 2.24) is 0 Å². The van der Waals surface area contributed by atoms with E-state index in [1.54, 1.807) is 18.2 Å². The Hall–Kier alpha value is -3.38. The summed E-state index contributed by atoms with van der Waals surface area (Å²) in [6, 6.07) is 18.9. The lowest BCUT2D eigenvalue weighted by Gasteiger charge is -2.14. The lowest BCUT2D eigenvalue weighted by molar-refractivity contribution is -0.115. The van der Waals surface area contributed by atoms with Crippen LogP contribution in [0.3, 0.4) is 0 Å². The van der Waals surface area contributed by atoms with Crippen molar-refractivity contribution in [3.63, 3.8) is 0 Å². The maximum atomic E-state index is 12.6. The second-order valence-electron chi connectivity index (χ2n) is 6.79. The van der Waals surface area contributed by atoms with Gasteiger partial charge in [0.15, 0.2) is 11.5 Å². The minimum Gasteiger partial charge on any atom is -0.493 e. The van der Waals surface area contributed by atoms with Crippen LogP contribution in [0, 0.1) is 0 Å². The van der Waals surface area contributed by atoms with E-state index in [2.05, 4.69) is 10.6 Å². The van der Waals surface area contributed by atoms with Crippen molar-refractivity contribution in [2.45, 2.75) is 13.0 Å². The van der Waals surface area contributed by atoms with Crippen LogP contribution in [0.25, 0.3) is 0 Å². The van der Waals surface area contributed by atoms with Crippen LogP contribution in [0.5, 0.6) is 17.2 Å². The number of rotatable bonds is 9. The maximum Gasteiger partial charge on any atom is 0.228 e. The molecule has 7 heteroatoms. The van der Waals surface area contributed by atoms with Crippen LogP contribution in [-0.4, -0.2) is 27.2 Å². The van der Waals surface area contributed by atoms with Crippen molar-refractivity contribution < 1.29 is 19.0 Å². The van der Waals surface area contributed by atoms with Gasteiger partial charge in [-0.15, -0.1) is 0 Å². The first-order valence-electron chi connectivity index (χ1n) is 9.70. The van der Waals surface area contributed by atoms with Crippen LogP contribution in [0.1, 0.15) is 11.1 Å². The van der Waals surface area contributed by atoms with E-state index in [1.807, 2.05) is 42.5 Å². The summed E-state index contributed by atoms with van der Waals surface area (Å²) in [5, 5.41) is 6.70. The molecule has 0 aliphatic carbocycles. The zero-order chi connectivity index (χ0) is 22.2. The molecular formula is C24H25ClN2O4. The molecule has 3 rings (SSSR count). The lowest BCUT2D eigenvalue weighted by atomic mass is 10.1. The molecular weight excluding hydrogens is 416 g/mol. The lowest BCUT2D eigenvalue weighted by Crippen LogP contribution is -2.14. The molecule has 0 atom stereocenters. The molecule has 31 heavy (non-hydrogen) atoms. The van der Waals surface area contributed by atoms with Gasteiger partial charge < -0.3 is 24.8 Å². The fourth-order valence-electron chi connectivity index (χ4n) is 3.16. The first-order valence-corrected chi connectivity index (χ1v) is 10.1. The van der Waals surface area contributed by atoms with Crippen LogP contribution in [0.15, 0.2) is 60.7 Å². The van der Waals surface area contributed by atoms with Crippen molar-refractivity contribution in [2.24, 2.45) is 0 Å². The molecule has 0 radical (unpaired) electrons. The fraction of sp³-hybridized carbons (Fsp3) is 0.208. The number of nitrogens with one attached hydrogen (secondary N) is 2. The minimum atomic E-state index is -0.185. The van der Waals surface area contributed by atoms with E-state index >= 15 is 0 Å². The first-order chi connectivity index (χ1) is 15.0. The number of methoxy groups -OCH3 is 3. The molecule has 2 N–H and O–H groups in total. The molecule has 0 aliphatic heterocycles. The number of carbonyl (C=O) groups is 1. The van der Waals surface area contributed by atoms with Crippen LogP contribution >= 0.6 is 11.6 Å². The minimum absolute atomic E-state index is 0.141. The molecule has 162 valence electrons. The Balaban J connectivity index is 1.65. The standard InChI is InChI=1S/C24H25ClN2O4/c1-29-21-11-17(12-22(30-2)24(21)31-3)13-23(28)27-18-9-10-20(19(25)14-18)26-15-16-7-5-4-6-8-16/h4-12,14,26H,13,15H2,1-3H3,(H,27,28). The first kappa shape index (κ1) is 22.3. The van der Waals surface area contributed by atoms with Crippen molar-refractivity contribution in [1.29, 1.82) is 0 Å². The van der Waals surface area contributed by atoms with Gasteiger partial charge in [0.05, 0.1) is 38.5 Å². The molecule has 6 nitrogen and oxygen atoms in total. The molecule has 0 bridgehead atoms. The Bertz CT molecular complexity index is 1020. The highest BCUT2D eigenvalue weighted by molar-refractivity contribution is 6.33. The number of halogens is 1. The third-order valence-corrected chi connectivity index (χ3v) is 4.98. The zero-order valence-electron chi connectivity index (χ0n) is 17.7. The van der Waals surface area contributed by atoms with E-state index in [0.717, 1.165) is 16.8 Å². The largest absolute Gasteiger partial charge is 0.493 e. The number of amides is 1. The van der Waals surface area contributed by atoms with Crippen molar-refractivity contribution in [2.75, 3.05) is 32.0 Å². The molecule has 0 aromatic heterocycles. The molecule has 1 amide bonds. The zero-order valence-corrected chi connectivity index (χ0v) is 18.5. The van der Waals surface area contributed by atoms with Gasteiger partial charge in [0.2, 0.25) is 11.7 Å². The van der Waals surface area contributed by atoms with Gasteiger partial charge in [0, 0.05) is 12.2 Å². The van der Waals surface area contributed by atoms with Crippen molar-refractivity contribution >= 4 is 28.9 Å². The van der Waals surface area contributed by atoms with Gasteiger partial charge in [0.25, 0.3) is 0 Å². The molecule has 0 saturated heterocycles. The van der Waals surface area contributed by atoms with Gasteiger partial charge in [0.1, 0.15) is 0 Å². The normalized spacial score (nSPS) is 10.3. The summed E-state index contributed by atoms with van der Waals surface area (Å²) in [6.07, 6.45) is 0.141. The molecule has 0 fully saturated rings.